The molecule has 1 atom stereocenters. The number of hydrogen-bond acceptors (Lipinski definition) is 4. The summed E-state index contributed by atoms with van der Waals surface area (Å²) in [7, 11) is 0. The normalized spacial score (nSPS) is 16.2. The summed E-state index contributed by atoms with van der Waals surface area (Å²) in [6, 6.07) is 1.97. The van der Waals surface area contributed by atoms with E-state index < -0.39 is 5.54 Å². The molecule has 2 aromatic heterocycles. The molecule has 1 saturated carbocycles. The van der Waals surface area contributed by atoms with Gasteiger partial charge in [0.05, 0.1) is 27.7 Å². The molecule has 1 amide bonds. The Morgan fingerprint density at radius 1 is 1.28 bits per heavy atom. The Balaban J connectivity index is 0.00000210. The number of carbonyl (C=O) groups excluding carboxylic acids is 1. The fourth-order valence-corrected chi connectivity index (χ4v) is 3.30. The summed E-state index contributed by atoms with van der Waals surface area (Å²) in [4.78, 5) is 18.2. The van der Waals surface area contributed by atoms with E-state index in [1.165, 1.54) is 0 Å². The molecular weight excluding hydrogens is 409 g/mol. The molecule has 8 heteroatoms. The van der Waals surface area contributed by atoms with Gasteiger partial charge in [0.15, 0.2) is 5.65 Å². The molecule has 1 aliphatic rings. The highest BCUT2D eigenvalue weighted by molar-refractivity contribution is 6.07. The highest BCUT2D eigenvalue weighted by Crippen LogP contribution is 2.41. The van der Waals surface area contributed by atoms with Crippen molar-refractivity contribution in [1.82, 2.24) is 20.1 Å². The largest absolute Gasteiger partial charge is 0.345 e. The first-order valence-electron chi connectivity index (χ1n) is 9.91. The summed E-state index contributed by atoms with van der Waals surface area (Å²) in [5.74, 6) is 0.586. The number of aromatic nitrogens is 3. The van der Waals surface area contributed by atoms with Gasteiger partial charge in [-0.05, 0) is 59.4 Å². The molecular formula is C21H35Cl2N5O. The van der Waals surface area contributed by atoms with E-state index in [1.807, 2.05) is 24.6 Å². The fraction of sp³-hybridized carbons (Fsp3) is 0.667. The van der Waals surface area contributed by atoms with Crippen molar-refractivity contribution in [2.75, 3.05) is 6.54 Å². The fourth-order valence-electron chi connectivity index (χ4n) is 3.30. The Hall–Kier alpha value is -1.37. The molecule has 29 heavy (non-hydrogen) atoms. The molecule has 0 aromatic carbocycles. The SMILES string of the molecule is Cc1nn(C(C)(C)C)c2nc(C3CC3)cc(C(=O)NC(C)(CN)C(C)C)c12.Cl.Cl. The maximum absolute atomic E-state index is 13.3. The van der Waals surface area contributed by atoms with Crippen LogP contribution < -0.4 is 11.1 Å². The number of pyridine rings is 1. The van der Waals surface area contributed by atoms with Gasteiger partial charge in [-0.1, -0.05) is 13.8 Å². The van der Waals surface area contributed by atoms with Crippen LogP contribution in [0.1, 0.15) is 82.0 Å². The standard InChI is InChI=1S/C21H33N5O.2ClH/c1-12(2)21(7,11-22)24-19(27)15-10-16(14-8-9-14)23-18-17(15)13(3)25-26(18)20(4,5)6;;/h10,12,14H,8-9,11,22H2,1-7H3,(H,24,27);2*1H. The minimum Gasteiger partial charge on any atom is -0.345 e. The number of fused-ring (bicyclic) bond motifs is 1. The van der Waals surface area contributed by atoms with E-state index >= 15 is 0 Å². The van der Waals surface area contributed by atoms with Gasteiger partial charge in [-0.3, -0.25) is 4.79 Å². The molecule has 2 aromatic rings. The van der Waals surface area contributed by atoms with Crippen molar-refractivity contribution >= 4 is 41.8 Å². The molecule has 164 valence electrons. The second kappa shape index (κ2) is 8.78. The topological polar surface area (TPSA) is 85.8 Å². The van der Waals surface area contributed by atoms with E-state index in [0.29, 0.717) is 18.0 Å². The van der Waals surface area contributed by atoms with Crippen LogP contribution in [-0.2, 0) is 5.54 Å². The average Bonchev–Trinajstić information content (AvgIpc) is 3.37. The van der Waals surface area contributed by atoms with Crippen LogP contribution in [0.3, 0.4) is 0 Å². The Kier molecular flexibility index (Phi) is 7.77. The van der Waals surface area contributed by atoms with Gasteiger partial charge >= 0.3 is 0 Å². The van der Waals surface area contributed by atoms with Crippen LogP contribution in [0.25, 0.3) is 11.0 Å². The van der Waals surface area contributed by atoms with Crippen molar-refractivity contribution in [2.24, 2.45) is 11.7 Å². The smallest absolute Gasteiger partial charge is 0.252 e. The Bertz CT molecular complexity index is 883. The van der Waals surface area contributed by atoms with Gasteiger partial charge in [0.1, 0.15) is 0 Å². The summed E-state index contributed by atoms with van der Waals surface area (Å²) < 4.78 is 1.95. The minimum atomic E-state index is -0.458. The molecule has 0 saturated heterocycles. The van der Waals surface area contributed by atoms with Crippen molar-refractivity contribution in [3.05, 3.63) is 23.0 Å². The van der Waals surface area contributed by atoms with E-state index in [1.54, 1.807) is 0 Å². The van der Waals surface area contributed by atoms with Crippen LogP contribution in [0.2, 0.25) is 0 Å². The maximum atomic E-state index is 13.3. The monoisotopic (exact) mass is 443 g/mol. The lowest BCUT2D eigenvalue weighted by Crippen LogP contribution is -2.55. The molecule has 0 bridgehead atoms. The second-order valence-corrected chi connectivity index (χ2v) is 9.47. The van der Waals surface area contributed by atoms with Crippen LogP contribution in [-0.4, -0.2) is 32.8 Å². The zero-order chi connectivity index (χ0) is 20.1. The van der Waals surface area contributed by atoms with Gasteiger partial charge in [-0.25, -0.2) is 9.67 Å². The predicted octanol–water partition coefficient (Wildman–Crippen LogP) is 4.32. The molecule has 0 aliphatic heterocycles. The van der Waals surface area contributed by atoms with Crippen molar-refractivity contribution in [1.29, 1.82) is 0 Å². The number of hydrogen-bond donors (Lipinski definition) is 2. The maximum Gasteiger partial charge on any atom is 0.252 e. The summed E-state index contributed by atoms with van der Waals surface area (Å²) >= 11 is 0. The van der Waals surface area contributed by atoms with Gasteiger partial charge in [0, 0.05) is 18.2 Å². The molecule has 3 N–H and O–H groups in total. The van der Waals surface area contributed by atoms with Crippen LogP contribution in [0.15, 0.2) is 6.07 Å². The van der Waals surface area contributed by atoms with Crippen LogP contribution in [0.5, 0.6) is 0 Å². The van der Waals surface area contributed by atoms with Crippen LogP contribution in [0, 0.1) is 12.8 Å². The number of nitrogens with zero attached hydrogens (tertiary/aromatic N) is 3. The lowest BCUT2D eigenvalue weighted by molar-refractivity contribution is 0.0884. The average molecular weight is 444 g/mol. The van der Waals surface area contributed by atoms with Crippen LogP contribution >= 0.6 is 24.8 Å². The van der Waals surface area contributed by atoms with Gasteiger partial charge in [-0.15, -0.1) is 24.8 Å². The molecule has 3 rings (SSSR count). The van der Waals surface area contributed by atoms with Crippen LogP contribution in [0.4, 0.5) is 0 Å². The van der Waals surface area contributed by atoms with Crippen molar-refractivity contribution in [3.8, 4) is 0 Å². The van der Waals surface area contributed by atoms with Gasteiger partial charge in [0.2, 0.25) is 0 Å². The number of rotatable bonds is 5. The van der Waals surface area contributed by atoms with E-state index in [2.05, 4.69) is 39.9 Å². The van der Waals surface area contributed by atoms with Crippen molar-refractivity contribution in [3.63, 3.8) is 0 Å². The number of nitrogens with two attached hydrogens (primary N) is 1. The number of halogens is 2. The zero-order valence-corrected chi connectivity index (χ0v) is 20.1. The minimum absolute atomic E-state index is 0. The number of amides is 1. The van der Waals surface area contributed by atoms with E-state index in [-0.39, 0.29) is 42.2 Å². The summed E-state index contributed by atoms with van der Waals surface area (Å²) in [5.41, 5.74) is 8.61. The third-order valence-electron chi connectivity index (χ3n) is 5.81. The Morgan fingerprint density at radius 2 is 1.86 bits per heavy atom. The quantitative estimate of drug-likeness (QED) is 0.719. The summed E-state index contributed by atoms with van der Waals surface area (Å²) in [5, 5.41) is 8.75. The third kappa shape index (κ3) is 4.86. The summed E-state index contributed by atoms with van der Waals surface area (Å²) in [6.45, 7) is 14.8. The number of carbonyl (C=O) groups is 1. The van der Waals surface area contributed by atoms with E-state index in [9.17, 15) is 4.79 Å². The first-order valence-corrected chi connectivity index (χ1v) is 9.91. The highest BCUT2D eigenvalue weighted by Gasteiger charge is 2.33. The first-order chi connectivity index (χ1) is 12.5. The molecule has 0 radical (unpaired) electrons. The van der Waals surface area contributed by atoms with Gasteiger partial charge < -0.3 is 11.1 Å². The molecule has 6 nitrogen and oxygen atoms in total. The van der Waals surface area contributed by atoms with E-state index in [0.717, 1.165) is 35.3 Å². The first kappa shape index (κ1) is 25.7. The van der Waals surface area contributed by atoms with E-state index in [4.69, 9.17) is 15.8 Å². The highest BCUT2D eigenvalue weighted by atomic mass is 35.5. The van der Waals surface area contributed by atoms with Crippen molar-refractivity contribution < 1.29 is 4.79 Å². The van der Waals surface area contributed by atoms with Gasteiger partial charge in [-0.2, -0.15) is 5.10 Å². The van der Waals surface area contributed by atoms with Gasteiger partial charge in [0.25, 0.3) is 5.91 Å². The third-order valence-corrected chi connectivity index (χ3v) is 5.81. The second-order valence-electron chi connectivity index (χ2n) is 9.47. The van der Waals surface area contributed by atoms with Crippen molar-refractivity contribution in [2.45, 2.75) is 78.3 Å². The molecule has 1 fully saturated rings. The zero-order valence-electron chi connectivity index (χ0n) is 18.5. The molecule has 2 heterocycles. The lowest BCUT2D eigenvalue weighted by Gasteiger charge is -2.33. The summed E-state index contributed by atoms with van der Waals surface area (Å²) in [6.07, 6.45) is 2.27. The molecule has 1 unspecified atom stereocenters. The lowest BCUT2D eigenvalue weighted by atomic mass is 9.88. The number of aryl methyl sites for hydroxylation is 1. The predicted molar refractivity (Wildman–Crippen MR) is 123 cm³/mol. The molecule has 1 aliphatic carbocycles. The number of nitrogens with one attached hydrogen (secondary N) is 1. The Morgan fingerprint density at radius 3 is 2.31 bits per heavy atom. The molecule has 0 spiro atoms. The Labute approximate surface area is 186 Å².